The summed E-state index contributed by atoms with van der Waals surface area (Å²) in [5, 5.41) is 2.88. The normalized spacial score (nSPS) is 16.5. The molecular weight excluding hydrogens is 349 g/mol. The van der Waals surface area contributed by atoms with Crippen LogP contribution in [0.25, 0.3) is 0 Å². The third kappa shape index (κ3) is 7.49. The van der Waals surface area contributed by atoms with Gasteiger partial charge in [-0.25, -0.2) is 0 Å². The highest BCUT2D eigenvalue weighted by Crippen LogP contribution is 2.31. The maximum absolute atomic E-state index is 12.6. The predicted molar refractivity (Wildman–Crippen MR) is 93.3 cm³/mol. The number of nitrogens with zero attached hydrogens (tertiary/aromatic N) is 2. The third-order valence-corrected chi connectivity index (χ3v) is 3.86. The first-order valence-electron chi connectivity index (χ1n) is 8.59. The van der Waals surface area contributed by atoms with Crippen LogP contribution in [0.3, 0.4) is 0 Å². The van der Waals surface area contributed by atoms with Gasteiger partial charge in [0.05, 0.1) is 25.3 Å². The van der Waals surface area contributed by atoms with Crippen LogP contribution in [-0.4, -0.2) is 63.4 Å². The van der Waals surface area contributed by atoms with E-state index in [0.717, 1.165) is 51.4 Å². The third-order valence-electron chi connectivity index (χ3n) is 3.86. The van der Waals surface area contributed by atoms with Crippen LogP contribution in [0.2, 0.25) is 0 Å². The molecule has 0 unspecified atom stereocenters. The first-order valence-corrected chi connectivity index (χ1v) is 8.59. The van der Waals surface area contributed by atoms with Gasteiger partial charge in [-0.15, -0.1) is 0 Å². The number of guanidine groups is 1. The summed E-state index contributed by atoms with van der Waals surface area (Å²) in [4.78, 5) is 6.55. The zero-order chi connectivity index (χ0) is 18.8. The largest absolute Gasteiger partial charge is 0.492 e. The lowest BCUT2D eigenvalue weighted by Crippen LogP contribution is -2.37. The van der Waals surface area contributed by atoms with Crippen LogP contribution in [0.5, 0.6) is 5.75 Å². The van der Waals surface area contributed by atoms with Crippen LogP contribution in [-0.2, 0) is 10.9 Å². The van der Waals surface area contributed by atoms with Gasteiger partial charge in [-0.2, -0.15) is 13.2 Å². The molecule has 1 aliphatic heterocycles. The number of rotatable bonds is 8. The fourth-order valence-corrected chi connectivity index (χ4v) is 2.48. The summed E-state index contributed by atoms with van der Waals surface area (Å²) in [7, 11) is 0. The molecule has 9 heteroatoms. The molecule has 6 nitrogen and oxygen atoms in total. The van der Waals surface area contributed by atoms with Gasteiger partial charge < -0.3 is 20.5 Å². The van der Waals surface area contributed by atoms with E-state index in [1.54, 1.807) is 0 Å². The van der Waals surface area contributed by atoms with Crippen molar-refractivity contribution in [2.75, 3.05) is 52.5 Å². The molecule has 0 amide bonds. The van der Waals surface area contributed by atoms with E-state index in [2.05, 4.69) is 15.2 Å². The lowest BCUT2D eigenvalue weighted by Gasteiger charge is -2.26. The highest BCUT2D eigenvalue weighted by Gasteiger charge is 2.30. The van der Waals surface area contributed by atoms with Gasteiger partial charge in [0.15, 0.2) is 5.96 Å². The lowest BCUT2D eigenvalue weighted by molar-refractivity contribution is -0.137. The number of halogens is 3. The summed E-state index contributed by atoms with van der Waals surface area (Å²) in [5.41, 5.74) is 5.02. The van der Waals surface area contributed by atoms with Crippen LogP contribution >= 0.6 is 0 Å². The summed E-state index contributed by atoms with van der Waals surface area (Å²) >= 11 is 0. The SMILES string of the molecule is NC(=NCCCN1CCOCC1)NCCOc1cccc(C(F)(F)F)c1. The minimum Gasteiger partial charge on any atom is -0.492 e. The number of hydrogen-bond donors (Lipinski definition) is 2. The fraction of sp³-hybridized carbons (Fsp3) is 0.588. The van der Waals surface area contributed by atoms with Gasteiger partial charge in [-0.1, -0.05) is 6.07 Å². The Labute approximate surface area is 151 Å². The summed E-state index contributed by atoms with van der Waals surface area (Å²) < 4.78 is 48.5. The maximum Gasteiger partial charge on any atom is 0.416 e. The summed E-state index contributed by atoms with van der Waals surface area (Å²) in [6, 6.07) is 4.78. The minimum atomic E-state index is -4.38. The average molecular weight is 374 g/mol. The van der Waals surface area contributed by atoms with Gasteiger partial charge in [0, 0.05) is 26.2 Å². The second-order valence-electron chi connectivity index (χ2n) is 5.88. The maximum atomic E-state index is 12.6. The number of aliphatic imine (C=N–C) groups is 1. The standard InChI is InChI=1S/C17H25F3N4O2/c18-17(19,20)14-3-1-4-15(13-14)26-10-6-23-16(21)22-5-2-7-24-8-11-25-12-9-24/h1,3-4,13H,2,5-12H2,(H3,21,22,23). The Morgan fingerprint density at radius 1 is 1.31 bits per heavy atom. The molecule has 1 aromatic carbocycles. The molecule has 1 aromatic rings. The molecule has 3 N–H and O–H groups in total. The molecular formula is C17H25F3N4O2. The smallest absolute Gasteiger partial charge is 0.416 e. The number of nitrogens with two attached hydrogens (primary N) is 1. The van der Waals surface area contributed by atoms with E-state index >= 15 is 0 Å². The van der Waals surface area contributed by atoms with E-state index in [0.29, 0.717) is 19.0 Å². The zero-order valence-electron chi connectivity index (χ0n) is 14.6. The van der Waals surface area contributed by atoms with Gasteiger partial charge in [-0.3, -0.25) is 9.89 Å². The van der Waals surface area contributed by atoms with Crippen LogP contribution < -0.4 is 15.8 Å². The average Bonchev–Trinajstić information content (AvgIpc) is 2.63. The molecule has 0 atom stereocenters. The highest BCUT2D eigenvalue weighted by atomic mass is 19.4. The van der Waals surface area contributed by atoms with Crippen molar-refractivity contribution >= 4 is 5.96 Å². The summed E-state index contributed by atoms with van der Waals surface area (Å²) in [5.74, 6) is 0.474. The molecule has 0 saturated carbocycles. The van der Waals surface area contributed by atoms with E-state index < -0.39 is 11.7 Å². The monoisotopic (exact) mass is 374 g/mol. The first kappa shape index (κ1) is 20.3. The van der Waals surface area contributed by atoms with Crippen molar-refractivity contribution in [3.8, 4) is 5.75 Å². The summed E-state index contributed by atoms with van der Waals surface area (Å²) in [6.45, 7) is 5.57. The van der Waals surface area contributed by atoms with Crippen molar-refractivity contribution in [1.29, 1.82) is 0 Å². The van der Waals surface area contributed by atoms with Crippen LogP contribution in [0.4, 0.5) is 13.2 Å². The van der Waals surface area contributed by atoms with Crippen molar-refractivity contribution in [2.45, 2.75) is 12.6 Å². The fourth-order valence-electron chi connectivity index (χ4n) is 2.48. The second kappa shape index (κ2) is 10.2. The number of benzene rings is 1. The van der Waals surface area contributed by atoms with Crippen molar-refractivity contribution in [1.82, 2.24) is 10.2 Å². The van der Waals surface area contributed by atoms with Gasteiger partial charge >= 0.3 is 6.18 Å². The molecule has 0 aromatic heterocycles. The number of hydrogen-bond acceptors (Lipinski definition) is 4. The molecule has 0 spiro atoms. The van der Waals surface area contributed by atoms with Crippen LogP contribution in [0.1, 0.15) is 12.0 Å². The van der Waals surface area contributed by atoms with Crippen molar-refractivity contribution < 1.29 is 22.6 Å². The Balaban J connectivity index is 1.60. The van der Waals surface area contributed by atoms with E-state index in [-0.39, 0.29) is 12.4 Å². The van der Waals surface area contributed by atoms with E-state index in [4.69, 9.17) is 15.2 Å². The molecule has 1 saturated heterocycles. The van der Waals surface area contributed by atoms with Gasteiger partial charge in [0.25, 0.3) is 0 Å². The van der Waals surface area contributed by atoms with Gasteiger partial charge in [-0.05, 0) is 24.6 Å². The Morgan fingerprint density at radius 2 is 2.08 bits per heavy atom. The molecule has 26 heavy (non-hydrogen) atoms. The summed E-state index contributed by atoms with van der Waals surface area (Å²) in [6.07, 6.45) is -3.47. The topological polar surface area (TPSA) is 72.1 Å². The van der Waals surface area contributed by atoms with E-state index in [1.165, 1.54) is 12.1 Å². The zero-order valence-corrected chi connectivity index (χ0v) is 14.6. The molecule has 0 aliphatic carbocycles. The van der Waals surface area contributed by atoms with E-state index in [9.17, 15) is 13.2 Å². The number of nitrogens with one attached hydrogen (secondary N) is 1. The van der Waals surface area contributed by atoms with Gasteiger partial charge in [0.1, 0.15) is 12.4 Å². The Bertz CT molecular complexity index is 575. The molecule has 0 bridgehead atoms. The van der Waals surface area contributed by atoms with Crippen molar-refractivity contribution in [3.05, 3.63) is 29.8 Å². The Kier molecular flexibility index (Phi) is 7.99. The second-order valence-corrected chi connectivity index (χ2v) is 5.88. The molecule has 146 valence electrons. The quantitative estimate of drug-likeness (QED) is 0.412. The van der Waals surface area contributed by atoms with Crippen LogP contribution in [0, 0.1) is 0 Å². The number of ether oxygens (including phenoxy) is 2. The molecule has 1 aliphatic rings. The van der Waals surface area contributed by atoms with Crippen LogP contribution in [0.15, 0.2) is 29.3 Å². The minimum absolute atomic E-state index is 0.169. The predicted octanol–water partition coefficient (Wildman–Crippen LogP) is 1.71. The first-order chi connectivity index (χ1) is 12.4. The lowest BCUT2D eigenvalue weighted by atomic mass is 10.2. The molecule has 2 rings (SSSR count). The Hall–Kier alpha value is -2.00. The Morgan fingerprint density at radius 3 is 2.81 bits per heavy atom. The highest BCUT2D eigenvalue weighted by molar-refractivity contribution is 5.77. The van der Waals surface area contributed by atoms with Crippen molar-refractivity contribution in [2.24, 2.45) is 10.7 Å². The number of morpholine rings is 1. The molecule has 1 heterocycles. The van der Waals surface area contributed by atoms with Gasteiger partial charge in [0.2, 0.25) is 0 Å². The van der Waals surface area contributed by atoms with E-state index in [1.807, 2.05) is 0 Å². The number of alkyl halides is 3. The van der Waals surface area contributed by atoms with Crippen molar-refractivity contribution in [3.63, 3.8) is 0 Å². The molecule has 0 radical (unpaired) electrons. The molecule has 1 fully saturated rings.